The molecular weight excluding hydrogens is 410 g/mol. The second-order valence-corrected chi connectivity index (χ2v) is 9.65. The number of nitrogens with zero attached hydrogens (tertiary/aromatic N) is 3. The number of para-hydroxylation sites is 1. The molecule has 7 heteroatoms. The second-order valence-electron chi connectivity index (χ2n) is 7.75. The monoisotopic (exact) mass is 441 g/mol. The zero-order chi connectivity index (χ0) is 22.3. The summed E-state index contributed by atoms with van der Waals surface area (Å²) in [6.45, 7) is 5.40. The van der Waals surface area contributed by atoms with Gasteiger partial charge in [-0.15, -0.1) is 0 Å². The first-order valence-electron chi connectivity index (χ1n) is 10.7. The molecule has 2 aromatic rings. The van der Waals surface area contributed by atoms with Crippen molar-refractivity contribution in [1.29, 1.82) is 0 Å². The molecule has 0 N–H and O–H groups in total. The first-order chi connectivity index (χ1) is 14.9. The summed E-state index contributed by atoms with van der Waals surface area (Å²) in [4.78, 5) is 17.0. The summed E-state index contributed by atoms with van der Waals surface area (Å²) < 4.78 is 26.1. The minimum atomic E-state index is -3.57. The van der Waals surface area contributed by atoms with Gasteiger partial charge in [0.2, 0.25) is 15.9 Å². The SMILES string of the molecule is CCc1ccccc1N(CC(=O)N1CCN(C/C=C/c2ccccc2)CC1)S(C)(=O)=O. The van der Waals surface area contributed by atoms with E-state index in [9.17, 15) is 13.2 Å². The zero-order valence-corrected chi connectivity index (χ0v) is 19.1. The Morgan fingerprint density at radius 1 is 1.00 bits per heavy atom. The summed E-state index contributed by atoms with van der Waals surface area (Å²) >= 11 is 0. The van der Waals surface area contributed by atoms with Gasteiger partial charge >= 0.3 is 0 Å². The number of piperazine rings is 1. The summed E-state index contributed by atoms with van der Waals surface area (Å²) in [5.74, 6) is -0.157. The Hall–Kier alpha value is -2.64. The third kappa shape index (κ3) is 6.42. The average molecular weight is 442 g/mol. The van der Waals surface area contributed by atoms with Crippen LogP contribution in [0.5, 0.6) is 0 Å². The maximum atomic E-state index is 12.9. The Morgan fingerprint density at radius 2 is 1.65 bits per heavy atom. The molecule has 1 aliphatic heterocycles. The third-order valence-electron chi connectivity index (χ3n) is 5.52. The van der Waals surface area contributed by atoms with Gasteiger partial charge in [0, 0.05) is 32.7 Å². The van der Waals surface area contributed by atoms with Gasteiger partial charge in [0.1, 0.15) is 6.54 Å². The molecule has 1 fully saturated rings. The van der Waals surface area contributed by atoms with Gasteiger partial charge in [-0.05, 0) is 23.6 Å². The highest BCUT2D eigenvalue weighted by molar-refractivity contribution is 7.92. The fourth-order valence-electron chi connectivity index (χ4n) is 3.74. The van der Waals surface area contributed by atoms with Gasteiger partial charge in [0.15, 0.2) is 0 Å². The van der Waals surface area contributed by atoms with Crippen molar-refractivity contribution < 1.29 is 13.2 Å². The Morgan fingerprint density at radius 3 is 2.29 bits per heavy atom. The average Bonchev–Trinajstić information content (AvgIpc) is 2.78. The highest BCUT2D eigenvalue weighted by Gasteiger charge is 2.27. The number of benzene rings is 2. The molecule has 0 aliphatic carbocycles. The third-order valence-corrected chi connectivity index (χ3v) is 6.65. The fraction of sp³-hybridized carbons (Fsp3) is 0.375. The van der Waals surface area contributed by atoms with Crippen LogP contribution in [0.1, 0.15) is 18.1 Å². The highest BCUT2D eigenvalue weighted by atomic mass is 32.2. The van der Waals surface area contributed by atoms with Crippen LogP contribution in [0.4, 0.5) is 5.69 Å². The van der Waals surface area contributed by atoms with Crippen LogP contribution >= 0.6 is 0 Å². The summed E-state index contributed by atoms with van der Waals surface area (Å²) in [6, 6.07) is 17.5. The Bertz CT molecular complexity index is 998. The van der Waals surface area contributed by atoms with E-state index < -0.39 is 10.0 Å². The number of sulfonamides is 1. The highest BCUT2D eigenvalue weighted by Crippen LogP contribution is 2.23. The molecule has 6 nitrogen and oxygen atoms in total. The van der Waals surface area contributed by atoms with Gasteiger partial charge in [-0.1, -0.05) is 67.6 Å². The Balaban J connectivity index is 1.57. The van der Waals surface area contributed by atoms with Crippen LogP contribution in [0.3, 0.4) is 0 Å². The van der Waals surface area contributed by atoms with E-state index in [0.717, 1.165) is 31.5 Å². The number of aryl methyl sites for hydroxylation is 1. The van der Waals surface area contributed by atoms with E-state index >= 15 is 0 Å². The molecule has 1 amide bonds. The van der Waals surface area contributed by atoms with E-state index in [1.807, 2.05) is 37.3 Å². The van der Waals surface area contributed by atoms with E-state index in [0.29, 0.717) is 25.2 Å². The maximum absolute atomic E-state index is 12.9. The van der Waals surface area contributed by atoms with Crippen molar-refractivity contribution in [1.82, 2.24) is 9.80 Å². The van der Waals surface area contributed by atoms with E-state index in [-0.39, 0.29) is 12.5 Å². The Labute approximate surface area is 185 Å². The van der Waals surface area contributed by atoms with Crippen molar-refractivity contribution in [2.24, 2.45) is 0 Å². The zero-order valence-electron chi connectivity index (χ0n) is 18.3. The van der Waals surface area contributed by atoms with Gasteiger partial charge in [0.05, 0.1) is 11.9 Å². The smallest absolute Gasteiger partial charge is 0.243 e. The number of anilines is 1. The molecule has 3 rings (SSSR count). The van der Waals surface area contributed by atoms with Crippen LogP contribution in [0, 0.1) is 0 Å². The first-order valence-corrected chi connectivity index (χ1v) is 12.5. The van der Waals surface area contributed by atoms with E-state index in [2.05, 4.69) is 29.2 Å². The van der Waals surface area contributed by atoms with Gasteiger partial charge in [-0.25, -0.2) is 8.42 Å². The molecule has 0 aromatic heterocycles. The minimum Gasteiger partial charge on any atom is -0.339 e. The maximum Gasteiger partial charge on any atom is 0.243 e. The molecule has 0 spiro atoms. The number of amides is 1. The van der Waals surface area contributed by atoms with Crippen molar-refractivity contribution in [3.05, 3.63) is 71.8 Å². The van der Waals surface area contributed by atoms with Crippen molar-refractivity contribution in [2.45, 2.75) is 13.3 Å². The predicted octanol–water partition coefficient (Wildman–Crippen LogP) is 2.87. The standard InChI is InChI=1S/C24H31N3O3S/c1-3-22-13-7-8-14-23(22)27(31(2,29)30)20-24(28)26-18-16-25(17-19-26)15-9-12-21-10-5-4-6-11-21/h4-14H,3,15-20H2,1-2H3/b12-9+. The van der Waals surface area contributed by atoms with E-state index in [4.69, 9.17) is 0 Å². The summed E-state index contributed by atoms with van der Waals surface area (Å²) in [6.07, 6.45) is 6.10. The lowest BCUT2D eigenvalue weighted by Gasteiger charge is -2.35. The van der Waals surface area contributed by atoms with Gasteiger partial charge in [-0.3, -0.25) is 14.0 Å². The van der Waals surface area contributed by atoms with Crippen LogP contribution in [-0.2, 0) is 21.2 Å². The minimum absolute atomic E-state index is 0.157. The molecule has 166 valence electrons. The summed E-state index contributed by atoms with van der Waals surface area (Å²) in [7, 11) is -3.57. The van der Waals surface area contributed by atoms with Crippen LogP contribution in [0.25, 0.3) is 6.08 Å². The first kappa shape index (κ1) is 23.0. The number of carbonyl (C=O) groups is 1. The lowest BCUT2D eigenvalue weighted by molar-refractivity contribution is -0.131. The fourth-order valence-corrected chi connectivity index (χ4v) is 4.62. The van der Waals surface area contributed by atoms with E-state index in [1.54, 1.807) is 17.0 Å². The summed E-state index contributed by atoms with van der Waals surface area (Å²) in [5, 5.41) is 0. The molecule has 31 heavy (non-hydrogen) atoms. The molecule has 0 atom stereocenters. The molecule has 0 unspecified atom stereocenters. The molecule has 0 saturated carbocycles. The van der Waals surface area contributed by atoms with Crippen LogP contribution in [0.15, 0.2) is 60.7 Å². The van der Waals surface area contributed by atoms with Gasteiger partial charge in [-0.2, -0.15) is 0 Å². The van der Waals surface area contributed by atoms with Crippen molar-refractivity contribution in [3.8, 4) is 0 Å². The Kier molecular flexibility index (Phi) is 7.87. The number of carbonyl (C=O) groups excluding carboxylic acids is 1. The lowest BCUT2D eigenvalue weighted by atomic mass is 10.1. The van der Waals surface area contributed by atoms with Crippen LogP contribution < -0.4 is 4.31 Å². The van der Waals surface area contributed by atoms with Crippen LogP contribution in [0.2, 0.25) is 0 Å². The van der Waals surface area contributed by atoms with Gasteiger partial charge < -0.3 is 4.90 Å². The largest absolute Gasteiger partial charge is 0.339 e. The topological polar surface area (TPSA) is 60.9 Å². The molecule has 0 radical (unpaired) electrons. The van der Waals surface area contributed by atoms with Crippen molar-refractivity contribution >= 4 is 27.7 Å². The van der Waals surface area contributed by atoms with Crippen LogP contribution in [-0.4, -0.2) is 69.6 Å². The molecule has 1 aliphatic rings. The molecule has 0 bridgehead atoms. The van der Waals surface area contributed by atoms with Gasteiger partial charge in [0.25, 0.3) is 0 Å². The van der Waals surface area contributed by atoms with Crippen molar-refractivity contribution in [3.63, 3.8) is 0 Å². The molecule has 1 saturated heterocycles. The predicted molar refractivity (Wildman–Crippen MR) is 127 cm³/mol. The molecular formula is C24H31N3O3S. The summed E-state index contributed by atoms with van der Waals surface area (Å²) in [5.41, 5.74) is 2.67. The normalized spacial score (nSPS) is 15.4. The number of hydrogen-bond acceptors (Lipinski definition) is 4. The number of hydrogen-bond donors (Lipinski definition) is 0. The quantitative estimate of drug-likeness (QED) is 0.632. The van der Waals surface area contributed by atoms with Crippen molar-refractivity contribution in [2.75, 3.05) is 49.8 Å². The number of rotatable bonds is 8. The second kappa shape index (κ2) is 10.6. The van der Waals surface area contributed by atoms with E-state index in [1.165, 1.54) is 9.87 Å². The lowest BCUT2D eigenvalue weighted by Crippen LogP contribution is -2.51. The molecule has 1 heterocycles. The molecule has 2 aromatic carbocycles.